The van der Waals surface area contributed by atoms with Crippen molar-refractivity contribution >= 4 is 28.3 Å². The Labute approximate surface area is 249 Å². The summed E-state index contributed by atoms with van der Waals surface area (Å²) in [5, 5.41) is 11.8. The van der Waals surface area contributed by atoms with Crippen molar-refractivity contribution in [2.75, 3.05) is 18.4 Å². The lowest BCUT2D eigenvalue weighted by molar-refractivity contribution is -0.114. The van der Waals surface area contributed by atoms with E-state index in [-0.39, 0.29) is 17.9 Å². The number of anilines is 1. The molecule has 2 aliphatic carbocycles. The lowest BCUT2D eigenvalue weighted by atomic mass is 9.90. The number of hydrogen-bond donors (Lipinski definition) is 2. The highest BCUT2D eigenvalue weighted by Gasteiger charge is 2.31. The number of carbonyl (C=O) groups is 2. The van der Waals surface area contributed by atoms with Crippen molar-refractivity contribution in [3.63, 3.8) is 0 Å². The van der Waals surface area contributed by atoms with E-state index in [2.05, 4.69) is 20.5 Å². The van der Waals surface area contributed by atoms with Crippen LogP contribution in [0, 0.1) is 0 Å². The van der Waals surface area contributed by atoms with Crippen molar-refractivity contribution < 1.29 is 9.59 Å². The number of hydrogen-bond acceptors (Lipinski definition) is 7. The fraction of sp³-hybridized carbons (Fsp3) is 0.406. The maximum atomic E-state index is 13.2. The van der Waals surface area contributed by atoms with Crippen molar-refractivity contribution in [3.8, 4) is 27.5 Å². The second-order valence-corrected chi connectivity index (χ2v) is 12.6. The molecule has 9 nitrogen and oxygen atoms in total. The molecule has 42 heavy (non-hydrogen) atoms. The van der Waals surface area contributed by atoms with Gasteiger partial charge in [-0.2, -0.15) is 5.10 Å². The molecule has 7 rings (SSSR count). The lowest BCUT2D eigenvalue weighted by Crippen LogP contribution is -2.43. The van der Waals surface area contributed by atoms with Crippen LogP contribution in [0.25, 0.3) is 27.5 Å². The van der Waals surface area contributed by atoms with Gasteiger partial charge >= 0.3 is 0 Å². The second-order valence-electron chi connectivity index (χ2n) is 11.6. The molecule has 1 saturated heterocycles. The maximum Gasteiger partial charge on any atom is 0.251 e. The fourth-order valence-electron chi connectivity index (χ4n) is 6.71. The molecule has 1 saturated carbocycles. The van der Waals surface area contributed by atoms with E-state index >= 15 is 0 Å². The molecule has 0 atom stereocenters. The van der Waals surface area contributed by atoms with Gasteiger partial charge in [0.25, 0.3) is 5.91 Å². The standard InChI is InChI=1S/C32H35N7O2S/c1-20(40)34-32-36-27-15-14-26-28(22-5-4-16-33-19-22)37-39(29(26)30(27)42-32)25-10-6-21(7-11-25)31(41)35-23-8-12-24(13-9-23)38-17-2-3-18-38/h4-7,10-11,16,19,23-24H,2-3,8-9,12-15,17-18H2,1H3,(H,35,41)(H,34,36,40)/t23-,24+. The summed E-state index contributed by atoms with van der Waals surface area (Å²) in [6, 6.07) is 12.6. The first-order valence-corrected chi connectivity index (χ1v) is 15.8. The van der Waals surface area contributed by atoms with Crippen molar-refractivity contribution in [1.82, 2.24) is 30.0 Å². The largest absolute Gasteiger partial charge is 0.349 e. The summed E-state index contributed by atoms with van der Waals surface area (Å²) in [5.41, 5.74) is 6.45. The van der Waals surface area contributed by atoms with Crippen molar-refractivity contribution in [1.29, 1.82) is 0 Å². The third kappa shape index (κ3) is 5.25. The number of nitrogens with zero attached hydrogens (tertiary/aromatic N) is 5. The van der Waals surface area contributed by atoms with Crippen LogP contribution in [0.5, 0.6) is 0 Å². The minimum absolute atomic E-state index is 0.0191. The summed E-state index contributed by atoms with van der Waals surface area (Å²) >= 11 is 1.47. The molecule has 3 aromatic heterocycles. The first-order chi connectivity index (χ1) is 20.5. The molecule has 4 heterocycles. The molecule has 1 aromatic carbocycles. The van der Waals surface area contributed by atoms with Gasteiger partial charge in [-0.1, -0.05) is 11.3 Å². The first kappa shape index (κ1) is 27.0. The quantitative estimate of drug-likeness (QED) is 0.322. The number of thiazole rings is 1. The molecule has 2 amide bonds. The highest BCUT2D eigenvalue weighted by atomic mass is 32.1. The van der Waals surface area contributed by atoms with E-state index in [0.29, 0.717) is 16.7 Å². The van der Waals surface area contributed by atoms with Crippen LogP contribution in [0.1, 0.15) is 67.1 Å². The van der Waals surface area contributed by atoms with Gasteiger partial charge in [-0.05, 0) is 101 Å². The van der Waals surface area contributed by atoms with Crippen molar-refractivity contribution in [2.24, 2.45) is 0 Å². The molecule has 0 unspecified atom stereocenters. The van der Waals surface area contributed by atoms with Gasteiger partial charge in [-0.15, -0.1) is 0 Å². The monoisotopic (exact) mass is 581 g/mol. The van der Waals surface area contributed by atoms with E-state index in [4.69, 9.17) is 10.1 Å². The summed E-state index contributed by atoms with van der Waals surface area (Å²) in [6.45, 7) is 3.96. The van der Waals surface area contributed by atoms with Gasteiger partial charge in [0.2, 0.25) is 5.91 Å². The van der Waals surface area contributed by atoms with Crippen molar-refractivity contribution in [3.05, 3.63) is 65.6 Å². The number of rotatable bonds is 6. The number of benzene rings is 1. The fourth-order valence-corrected chi connectivity index (χ4v) is 7.83. The van der Waals surface area contributed by atoms with Crippen LogP contribution in [-0.2, 0) is 17.6 Å². The summed E-state index contributed by atoms with van der Waals surface area (Å²) in [4.78, 5) is 37.6. The smallest absolute Gasteiger partial charge is 0.251 e. The highest BCUT2D eigenvalue weighted by Crippen LogP contribution is 2.44. The van der Waals surface area contributed by atoms with Gasteiger partial charge in [-0.3, -0.25) is 14.6 Å². The second kappa shape index (κ2) is 11.4. The third-order valence-electron chi connectivity index (χ3n) is 8.79. The Balaban J connectivity index is 1.14. The number of aromatic nitrogens is 4. The van der Waals surface area contributed by atoms with Crippen LogP contribution >= 0.6 is 11.3 Å². The van der Waals surface area contributed by atoms with Crippen LogP contribution in [0.2, 0.25) is 0 Å². The summed E-state index contributed by atoms with van der Waals surface area (Å²) in [7, 11) is 0. The SMILES string of the molecule is CC(=O)Nc1nc2c(s1)-c1c(c(-c3cccnc3)nn1-c1ccc(C(=O)N[C@H]3CC[C@@H](N4CCCC4)CC3)cc1)CC2. The number of carbonyl (C=O) groups excluding carboxylic acids is 2. The van der Waals surface area contributed by atoms with E-state index in [1.54, 1.807) is 6.20 Å². The van der Waals surface area contributed by atoms with Crippen molar-refractivity contribution in [2.45, 2.75) is 70.4 Å². The lowest BCUT2D eigenvalue weighted by Gasteiger charge is -2.34. The Morgan fingerprint density at radius 3 is 2.50 bits per heavy atom. The minimum Gasteiger partial charge on any atom is -0.349 e. The molecule has 10 heteroatoms. The predicted octanol–water partition coefficient (Wildman–Crippen LogP) is 5.25. The number of pyridine rings is 1. The zero-order valence-corrected chi connectivity index (χ0v) is 24.6. The number of fused-ring (bicyclic) bond motifs is 3. The van der Waals surface area contributed by atoms with Gasteiger partial charge in [-0.25, -0.2) is 9.67 Å². The van der Waals surface area contributed by atoms with Crippen LogP contribution in [0.4, 0.5) is 5.13 Å². The van der Waals surface area contributed by atoms with Crippen LogP contribution < -0.4 is 10.6 Å². The molecule has 4 aromatic rings. The summed E-state index contributed by atoms with van der Waals surface area (Å²) in [6.07, 6.45) is 12.2. The predicted molar refractivity (Wildman–Crippen MR) is 164 cm³/mol. The maximum absolute atomic E-state index is 13.2. The Hall–Kier alpha value is -3.89. The van der Waals surface area contributed by atoms with Gasteiger partial charge < -0.3 is 15.5 Å². The molecule has 0 bridgehead atoms. The molecule has 216 valence electrons. The molecular weight excluding hydrogens is 546 g/mol. The molecular formula is C32H35N7O2S. The average Bonchev–Trinajstić information content (AvgIpc) is 3.76. The zero-order valence-electron chi connectivity index (χ0n) is 23.8. The van der Waals surface area contributed by atoms with Gasteiger partial charge in [0.05, 0.1) is 27.6 Å². The molecule has 3 aliphatic rings. The number of amides is 2. The Morgan fingerprint density at radius 2 is 1.79 bits per heavy atom. The Kier molecular flexibility index (Phi) is 7.33. The van der Waals surface area contributed by atoms with E-state index < -0.39 is 0 Å². The minimum atomic E-state index is -0.139. The number of likely N-dealkylation sites (tertiary alicyclic amines) is 1. The zero-order chi connectivity index (χ0) is 28.6. The first-order valence-electron chi connectivity index (χ1n) is 15.0. The topological polar surface area (TPSA) is 105 Å². The van der Waals surface area contributed by atoms with Crippen LogP contribution in [-0.4, -0.2) is 61.6 Å². The number of aryl methyl sites for hydroxylation is 1. The van der Waals surface area contributed by atoms with E-state index in [1.807, 2.05) is 47.3 Å². The average molecular weight is 582 g/mol. The van der Waals surface area contributed by atoms with E-state index in [1.165, 1.54) is 44.2 Å². The molecule has 2 N–H and O–H groups in total. The van der Waals surface area contributed by atoms with E-state index in [9.17, 15) is 9.59 Å². The van der Waals surface area contributed by atoms with E-state index in [0.717, 1.165) is 77.3 Å². The Morgan fingerprint density at radius 1 is 1.00 bits per heavy atom. The van der Waals surface area contributed by atoms with Gasteiger partial charge in [0, 0.05) is 48.1 Å². The molecule has 2 fully saturated rings. The highest BCUT2D eigenvalue weighted by molar-refractivity contribution is 7.19. The molecule has 0 radical (unpaired) electrons. The van der Waals surface area contributed by atoms with Gasteiger partial charge in [0.1, 0.15) is 0 Å². The normalized spacial score (nSPS) is 20.1. The van der Waals surface area contributed by atoms with Crippen LogP contribution in [0.3, 0.4) is 0 Å². The Bertz CT molecular complexity index is 1600. The summed E-state index contributed by atoms with van der Waals surface area (Å²) in [5.74, 6) is -0.159. The summed E-state index contributed by atoms with van der Waals surface area (Å²) < 4.78 is 1.95. The van der Waals surface area contributed by atoms with Crippen LogP contribution in [0.15, 0.2) is 48.8 Å². The molecule has 1 aliphatic heterocycles. The third-order valence-corrected chi connectivity index (χ3v) is 9.81. The molecule has 0 spiro atoms. The number of nitrogens with one attached hydrogen (secondary N) is 2. The van der Waals surface area contributed by atoms with Gasteiger partial charge in [0.15, 0.2) is 5.13 Å².